The number of aliphatic hydroxyl groups is 1. The third kappa shape index (κ3) is 6.09. The number of piperidine rings is 1. The van der Waals surface area contributed by atoms with Gasteiger partial charge in [0.05, 0.1) is 6.10 Å². The maximum absolute atomic E-state index is 13.2. The molecule has 3 rings (SSSR count). The molecule has 0 spiro atoms. The maximum Gasteiger partial charge on any atom is 0.123 e. The maximum atomic E-state index is 13.2. The van der Waals surface area contributed by atoms with Gasteiger partial charge in [0.25, 0.3) is 0 Å². The van der Waals surface area contributed by atoms with Crippen molar-refractivity contribution in [3.8, 4) is 0 Å². The first-order valence-electron chi connectivity index (χ1n) is 9.65. The van der Waals surface area contributed by atoms with Gasteiger partial charge in [0, 0.05) is 19.7 Å². The van der Waals surface area contributed by atoms with Crippen LogP contribution in [-0.4, -0.2) is 42.4 Å². The van der Waals surface area contributed by atoms with Crippen molar-refractivity contribution in [3.05, 3.63) is 71.3 Å². The van der Waals surface area contributed by atoms with Gasteiger partial charge >= 0.3 is 0 Å². The second-order valence-corrected chi connectivity index (χ2v) is 7.13. The lowest BCUT2D eigenvalue weighted by Crippen LogP contribution is -2.36. The number of ether oxygens (including phenoxy) is 1. The summed E-state index contributed by atoms with van der Waals surface area (Å²) in [5.41, 5.74) is 1.71. The van der Waals surface area contributed by atoms with Gasteiger partial charge in [-0.1, -0.05) is 24.3 Å². The smallest absolute Gasteiger partial charge is 0.123 e. The fraction of sp³-hybridized carbons (Fsp3) is 0.455. The molecule has 0 radical (unpaired) electrons. The Morgan fingerprint density at radius 3 is 1.93 bits per heavy atom. The fourth-order valence-corrected chi connectivity index (χ4v) is 3.44. The van der Waals surface area contributed by atoms with Crippen LogP contribution in [0.4, 0.5) is 8.78 Å². The topological polar surface area (TPSA) is 32.7 Å². The summed E-state index contributed by atoms with van der Waals surface area (Å²) >= 11 is 0. The molecule has 1 heterocycles. The van der Waals surface area contributed by atoms with Crippen LogP contribution in [0.1, 0.15) is 42.9 Å². The van der Waals surface area contributed by atoms with Gasteiger partial charge in [-0.3, -0.25) is 0 Å². The summed E-state index contributed by atoms with van der Waals surface area (Å²) in [6, 6.07) is 12.5. The molecule has 0 aliphatic carbocycles. The molecule has 0 bridgehead atoms. The van der Waals surface area contributed by atoms with E-state index >= 15 is 0 Å². The average molecular weight is 375 g/mol. The Labute approximate surface area is 159 Å². The summed E-state index contributed by atoms with van der Waals surface area (Å²) in [7, 11) is 0. The Hall–Kier alpha value is -1.82. The molecular weight excluding hydrogens is 348 g/mol. The Kier molecular flexibility index (Phi) is 7.33. The van der Waals surface area contributed by atoms with E-state index in [0.29, 0.717) is 6.61 Å². The number of likely N-dealkylation sites (tertiary alicyclic amines) is 1. The summed E-state index contributed by atoms with van der Waals surface area (Å²) < 4.78 is 32.6. The standard InChI is InChI=1S/C22H27F2NO2/c23-19-7-3-17(4-8-19)22(18-5-9-20(24)10-6-18)27-16-2-1-13-25-14-11-21(26)12-15-25/h3-10,21-22,26H,1-2,11-16H2. The van der Waals surface area contributed by atoms with E-state index in [2.05, 4.69) is 4.90 Å². The summed E-state index contributed by atoms with van der Waals surface area (Å²) in [4.78, 5) is 2.38. The fourth-order valence-electron chi connectivity index (χ4n) is 3.44. The summed E-state index contributed by atoms with van der Waals surface area (Å²) in [5.74, 6) is -0.577. The molecule has 1 aliphatic heterocycles. The molecule has 0 saturated carbocycles. The summed E-state index contributed by atoms with van der Waals surface area (Å²) in [6.45, 7) is 3.50. The molecule has 1 fully saturated rings. The minimum atomic E-state index is -0.337. The lowest BCUT2D eigenvalue weighted by Gasteiger charge is -2.29. The quantitative estimate of drug-likeness (QED) is 0.698. The van der Waals surface area contributed by atoms with Crippen LogP contribution in [0, 0.1) is 11.6 Å². The number of hydrogen-bond acceptors (Lipinski definition) is 3. The van der Waals surface area contributed by atoms with Gasteiger partial charge in [-0.2, -0.15) is 0 Å². The first-order chi connectivity index (χ1) is 13.1. The Morgan fingerprint density at radius 1 is 0.889 bits per heavy atom. The second kappa shape index (κ2) is 9.93. The number of hydrogen-bond donors (Lipinski definition) is 1. The molecule has 3 nitrogen and oxygen atoms in total. The van der Waals surface area contributed by atoms with Gasteiger partial charge in [-0.15, -0.1) is 0 Å². The van der Waals surface area contributed by atoms with Crippen LogP contribution in [0.15, 0.2) is 48.5 Å². The van der Waals surface area contributed by atoms with Crippen molar-refractivity contribution in [2.45, 2.75) is 37.9 Å². The lowest BCUT2D eigenvalue weighted by atomic mass is 10.0. The van der Waals surface area contributed by atoms with E-state index < -0.39 is 0 Å². The molecule has 0 unspecified atom stereocenters. The van der Waals surface area contributed by atoms with Gasteiger partial charge in [-0.05, 0) is 67.6 Å². The Balaban J connectivity index is 1.52. The zero-order valence-electron chi connectivity index (χ0n) is 15.5. The Morgan fingerprint density at radius 2 is 1.41 bits per heavy atom. The molecular formula is C22H27F2NO2. The first-order valence-corrected chi connectivity index (χ1v) is 9.65. The van der Waals surface area contributed by atoms with E-state index in [0.717, 1.165) is 56.4 Å². The van der Waals surface area contributed by atoms with Crippen LogP contribution in [0.5, 0.6) is 0 Å². The average Bonchev–Trinajstić information content (AvgIpc) is 2.68. The normalized spacial score (nSPS) is 16.1. The van der Waals surface area contributed by atoms with Crippen molar-refractivity contribution >= 4 is 0 Å². The molecule has 1 N–H and O–H groups in total. The van der Waals surface area contributed by atoms with Crippen LogP contribution in [0.2, 0.25) is 0 Å². The number of aliphatic hydroxyl groups excluding tert-OH is 1. The highest BCUT2D eigenvalue weighted by Gasteiger charge is 2.17. The highest BCUT2D eigenvalue weighted by atomic mass is 19.1. The number of halogens is 2. The molecule has 0 aromatic heterocycles. The predicted octanol–water partition coefficient (Wildman–Crippen LogP) is 4.31. The number of rotatable bonds is 8. The zero-order chi connectivity index (χ0) is 19.1. The van der Waals surface area contributed by atoms with Crippen LogP contribution in [-0.2, 0) is 4.74 Å². The van der Waals surface area contributed by atoms with E-state index in [9.17, 15) is 13.9 Å². The second-order valence-electron chi connectivity index (χ2n) is 7.13. The molecule has 27 heavy (non-hydrogen) atoms. The van der Waals surface area contributed by atoms with Crippen molar-refractivity contribution in [2.24, 2.45) is 0 Å². The van der Waals surface area contributed by atoms with Crippen molar-refractivity contribution in [2.75, 3.05) is 26.2 Å². The minimum Gasteiger partial charge on any atom is -0.393 e. The van der Waals surface area contributed by atoms with Gasteiger partial charge in [0.1, 0.15) is 17.7 Å². The molecule has 2 aromatic carbocycles. The molecule has 0 amide bonds. The lowest BCUT2D eigenvalue weighted by molar-refractivity contribution is 0.0663. The molecule has 1 aliphatic rings. The number of unbranched alkanes of at least 4 members (excludes halogenated alkanes) is 1. The molecule has 2 aromatic rings. The van der Waals surface area contributed by atoms with E-state index in [1.54, 1.807) is 24.3 Å². The van der Waals surface area contributed by atoms with Crippen molar-refractivity contribution in [1.82, 2.24) is 4.90 Å². The largest absolute Gasteiger partial charge is 0.393 e. The summed E-state index contributed by atoms with van der Waals surface area (Å²) in [6.07, 6.45) is 3.17. The van der Waals surface area contributed by atoms with Gasteiger partial charge in [0.2, 0.25) is 0 Å². The Bertz CT molecular complexity index is 637. The molecule has 5 heteroatoms. The molecule has 146 valence electrons. The van der Waals surface area contributed by atoms with Crippen LogP contribution in [0.25, 0.3) is 0 Å². The van der Waals surface area contributed by atoms with E-state index in [4.69, 9.17) is 4.74 Å². The van der Waals surface area contributed by atoms with Crippen LogP contribution >= 0.6 is 0 Å². The number of benzene rings is 2. The van der Waals surface area contributed by atoms with E-state index in [1.807, 2.05) is 0 Å². The first kappa shape index (κ1) is 19.9. The van der Waals surface area contributed by atoms with Crippen molar-refractivity contribution in [1.29, 1.82) is 0 Å². The third-order valence-electron chi connectivity index (χ3n) is 5.06. The molecule has 0 atom stereocenters. The zero-order valence-corrected chi connectivity index (χ0v) is 15.5. The van der Waals surface area contributed by atoms with Gasteiger partial charge in [0.15, 0.2) is 0 Å². The number of nitrogens with zero attached hydrogens (tertiary/aromatic N) is 1. The highest BCUT2D eigenvalue weighted by molar-refractivity contribution is 5.30. The van der Waals surface area contributed by atoms with E-state index in [1.165, 1.54) is 24.3 Å². The van der Waals surface area contributed by atoms with Crippen LogP contribution < -0.4 is 0 Å². The van der Waals surface area contributed by atoms with Crippen molar-refractivity contribution in [3.63, 3.8) is 0 Å². The predicted molar refractivity (Wildman–Crippen MR) is 102 cm³/mol. The van der Waals surface area contributed by atoms with Crippen LogP contribution in [0.3, 0.4) is 0 Å². The highest BCUT2D eigenvalue weighted by Crippen LogP contribution is 2.27. The van der Waals surface area contributed by atoms with Crippen molar-refractivity contribution < 1.29 is 18.6 Å². The van der Waals surface area contributed by atoms with E-state index in [-0.39, 0.29) is 23.8 Å². The third-order valence-corrected chi connectivity index (χ3v) is 5.06. The monoisotopic (exact) mass is 375 g/mol. The molecule has 1 saturated heterocycles. The SMILES string of the molecule is OC1CCN(CCCCOC(c2ccc(F)cc2)c2ccc(F)cc2)CC1. The van der Waals surface area contributed by atoms with Gasteiger partial charge in [-0.25, -0.2) is 8.78 Å². The minimum absolute atomic E-state index is 0.142. The van der Waals surface area contributed by atoms with Gasteiger partial charge < -0.3 is 14.7 Å². The summed E-state index contributed by atoms with van der Waals surface area (Å²) in [5, 5.41) is 9.55.